The second kappa shape index (κ2) is 10.5. The van der Waals surface area contributed by atoms with Gasteiger partial charge < -0.3 is 9.16 Å². The average molecular weight is 514 g/mol. The first-order chi connectivity index (χ1) is 16.4. The molecule has 0 amide bonds. The molecule has 8 nitrogen and oxygen atoms in total. The quantitative estimate of drug-likeness (QED) is 0.118. The molecule has 0 spiro atoms. The smallest absolute Gasteiger partial charge is 0.278 e. The van der Waals surface area contributed by atoms with Gasteiger partial charge >= 0.3 is 0 Å². The molecule has 0 aliphatic carbocycles. The summed E-state index contributed by atoms with van der Waals surface area (Å²) < 4.78 is 15.4. The van der Waals surface area contributed by atoms with Crippen LogP contribution in [0.25, 0.3) is 22.6 Å². The van der Waals surface area contributed by atoms with Gasteiger partial charge in [0.05, 0.1) is 19.8 Å². The van der Waals surface area contributed by atoms with Crippen molar-refractivity contribution in [1.29, 1.82) is 0 Å². The zero-order valence-corrected chi connectivity index (χ0v) is 23.5. The molecule has 0 saturated carbocycles. The Balaban J connectivity index is 2.23. The number of hydrogen-bond donors (Lipinski definition) is 0. The first-order valence-electron chi connectivity index (χ1n) is 11.5. The summed E-state index contributed by atoms with van der Waals surface area (Å²) >= 11 is 1.41. The second-order valence-electron chi connectivity index (χ2n) is 9.71. The van der Waals surface area contributed by atoms with Crippen LogP contribution in [0.15, 0.2) is 47.5 Å². The predicted molar refractivity (Wildman–Crippen MR) is 146 cm³/mol. The van der Waals surface area contributed by atoms with Crippen LogP contribution in [0.1, 0.15) is 39.0 Å². The monoisotopic (exact) mass is 513 g/mol. The first-order valence-corrected chi connectivity index (χ1v) is 15.7. The summed E-state index contributed by atoms with van der Waals surface area (Å²) in [5, 5.41) is 1.06. The first kappa shape index (κ1) is 26.9. The molecular formula is C25H35N5O3SSi. The van der Waals surface area contributed by atoms with Gasteiger partial charge in [0.15, 0.2) is 24.9 Å². The Hall–Kier alpha value is -2.69. The van der Waals surface area contributed by atoms with E-state index in [0.29, 0.717) is 46.7 Å². The summed E-state index contributed by atoms with van der Waals surface area (Å²) in [6.45, 7) is 22.0. The predicted octanol–water partition coefficient (Wildman–Crippen LogP) is 5.41. The van der Waals surface area contributed by atoms with E-state index in [2.05, 4.69) is 57.0 Å². The van der Waals surface area contributed by atoms with Crippen molar-refractivity contribution in [3.8, 4) is 5.82 Å². The summed E-state index contributed by atoms with van der Waals surface area (Å²) in [4.78, 5) is 26.9. The number of fused-ring (bicyclic) bond motifs is 1. The Labute approximate surface area is 212 Å². The van der Waals surface area contributed by atoms with E-state index in [1.54, 1.807) is 21.6 Å². The molecule has 3 heterocycles. The molecule has 3 aromatic heterocycles. The third-order valence-electron chi connectivity index (χ3n) is 6.24. The number of hydrogen-bond acceptors (Lipinski definition) is 7. The highest BCUT2D eigenvalue weighted by atomic mass is 32.2. The van der Waals surface area contributed by atoms with Crippen molar-refractivity contribution in [2.75, 3.05) is 12.9 Å². The number of allylic oxidation sites excluding steroid dienone is 1. The summed E-state index contributed by atoms with van der Waals surface area (Å²) in [5.41, 5.74) is 1.77. The van der Waals surface area contributed by atoms with Crippen LogP contribution in [-0.4, -0.2) is 45.5 Å². The number of rotatable bonds is 10. The van der Waals surface area contributed by atoms with Gasteiger partial charge in [-0.3, -0.25) is 4.79 Å². The van der Waals surface area contributed by atoms with E-state index in [1.807, 2.05) is 25.3 Å². The van der Waals surface area contributed by atoms with E-state index < -0.39 is 8.32 Å². The van der Waals surface area contributed by atoms with Gasteiger partial charge in [0.1, 0.15) is 16.8 Å². The third-order valence-corrected chi connectivity index (χ3v) is 11.3. The van der Waals surface area contributed by atoms with Gasteiger partial charge in [-0.15, -0.1) is 6.58 Å². The number of thioether (sulfide) groups is 1. The third kappa shape index (κ3) is 5.60. The van der Waals surface area contributed by atoms with Crippen molar-refractivity contribution in [2.24, 2.45) is 0 Å². The molecule has 0 fully saturated rings. The Morgan fingerprint density at radius 1 is 1.26 bits per heavy atom. The van der Waals surface area contributed by atoms with Gasteiger partial charge in [0.2, 0.25) is 0 Å². The highest BCUT2D eigenvalue weighted by molar-refractivity contribution is 7.98. The number of ether oxygens (including phenoxy) is 1. The fraction of sp³-hybridized carbons (Fsp3) is 0.440. The maximum Gasteiger partial charge on any atom is 0.278 e. The number of nitrogens with zero attached hydrogens (tertiary/aromatic N) is 5. The Kier molecular flexibility index (Phi) is 8.08. The van der Waals surface area contributed by atoms with Crippen molar-refractivity contribution in [3.63, 3.8) is 0 Å². The minimum absolute atomic E-state index is 0.0762. The van der Waals surface area contributed by atoms with Crippen LogP contribution in [0, 0.1) is 0 Å². The van der Waals surface area contributed by atoms with E-state index >= 15 is 0 Å². The summed E-state index contributed by atoms with van der Waals surface area (Å²) in [5.74, 6) is 0.980. The van der Waals surface area contributed by atoms with Gasteiger partial charge in [0.25, 0.3) is 5.56 Å². The van der Waals surface area contributed by atoms with Crippen molar-refractivity contribution < 1.29 is 9.16 Å². The highest BCUT2D eigenvalue weighted by Gasteiger charge is 2.37. The number of aromatic nitrogens is 5. The molecule has 0 aliphatic heterocycles. The van der Waals surface area contributed by atoms with Crippen LogP contribution in [0.4, 0.5) is 0 Å². The summed E-state index contributed by atoms with van der Waals surface area (Å²) in [6, 6.07) is 3.85. The van der Waals surface area contributed by atoms with Crippen LogP contribution < -0.4 is 5.56 Å². The molecule has 0 radical (unpaired) electrons. The maximum absolute atomic E-state index is 13.2. The Bertz CT molecular complexity index is 1310. The van der Waals surface area contributed by atoms with Crippen LogP contribution in [-0.2, 0) is 22.3 Å². The van der Waals surface area contributed by atoms with Crippen LogP contribution in [0.3, 0.4) is 0 Å². The van der Waals surface area contributed by atoms with Crippen LogP contribution in [0.2, 0.25) is 18.1 Å². The molecule has 0 N–H and O–H groups in total. The van der Waals surface area contributed by atoms with E-state index in [1.165, 1.54) is 11.8 Å². The molecule has 0 aliphatic rings. The van der Waals surface area contributed by atoms with E-state index in [9.17, 15) is 4.79 Å². The summed E-state index contributed by atoms with van der Waals surface area (Å²) in [6.07, 6.45) is 5.13. The van der Waals surface area contributed by atoms with Crippen molar-refractivity contribution >= 4 is 36.9 Å². The lowest BCUT2D eigenvalue weighted by Gasteiger charge is -2.36. The SMILES string of the molecule is C=CCn1c(=O)c2cnc(SC)nc2n1-c1cc(CO[Si](C)(C)C(C)(C)C)cc(C(=C)OCC)n1. The number of pyridine rings is 1. The Morgan fingerprint density at radius 3 is 2.57 bits per heavy atom. The lowest BCUT2D eigenvalue weighted by atomic mass is 10.2. The molecule has 188 valence electrons. The standard InChI is InChI=1S/C25H35N5O3SSi/c1-10-12-29-23(31)19-15-26-24(34-7)28-22(19)30(29)21-14-18(13-20(27-21)17(3)32-11-2)16-33-35(8,9)25(4,5)6/h10,13-15H,1,3,11-12,16H2,2,4-9H3. The van der Waals surface area contributed by atoms with Crippen molar-refractivity contribution in [2.45, 2.75) is 64.1 Å². The fourth-order valence-electron chi connectivity index (χ4n) is 3.27. The average Bonchev–Trinajstić information content (AvgIpc) is 3.08. The topological polar surface area (TPSA) is 84.1 Å². The zero-order valence-electron chi connectivity index (χ0n) is 21.7. The van der Waals surface area contributed by atoms with E-state index in [4.69, 9.17) is 14.1 Å². The van der Waals surface area contributed by atoms with Crippen molar-refractivity contribution in [3.05, 3.63) is 59.2 Å². The van der Waals surface area contributed by atoms with E-state index in [0.717, 1.165) is 5.56 Å². The van der Waals surface area contributed by atoms with Gasteiger partial charge in [-0.1, -0.05) is 45.2 Å². The molecule has 10 heteroatoms. The van der Waals surface area contributed by atoms with Crippen LogP contribution >= 0.6 is 11.8 Å². The lowest BCUT2D eigenvalue weighted by molar-refractivity contribution is 0.275. The highest BCUT2D eigenvalue weighted by Crippen LogP contribution is 2.37. The van der Waals surface area contributed by atoms with Gasteiger partial charge in [0, 0.05) is 6.20 Å². The minimum Gasteiger partial charge on any atom is -0.492 e. The molecule has 0 unspecified atom stereocenters. The summed E-state index contributed by atoms with van der Waals surface area (Å²) in [7, 11) is -1.99. The molecule has 0 aromatic carbocycles. The van der Waals surface area contributed by atoms with E-state index in [-0.39, 0.29) is 17.1 Å². The van der Waals surface area contributed by atoms with Crippen LogP contribution in [0.5, 0.6) is 0 Å². The maximum atomic E-state index is 13.2. The lowest BCUT2D eigenvalue weighted by Crippen LogP contribution is -2.40. The van der Waals surface area contributed by atoms with Crippen molar-refractivity contribution in [1.82, 2.24) is 24.3 Å². The van der Waals surface area contributed by atoms with Gasteiger partial charge in [-0.05, 0) is 49.0 Å². The zero-order chi connectivity index (χ0) is 26.0. The molecule has 0 bridgehead atoms. The second-order valence-corrected chi connectivity index (χ2v) is 15.3. The largest absolute Gasteiger partial charge is 0.492 e. The molecule has 3 aromatic rings. The van der Waals surface area contributed by atoms with Gasteiger partial charge in [-0.2, -0.15) is 0 Å². The van der Waals surface area contributed by atoms with Gasteiger partial charge in [-0.25, -0.2) is 24.3 Å². The molecule has 3 rings (SSSR count). The Morgan fingerprint density at radius 2 is 1.97 bits per heavy atom. The minimum atomic E-state index is -1.99. The fourth-order valence-corrected chi connectivity index (χ4v) is 4.56. The molecule has 0 atom stereocenters. The molecule has 0 saturated heterocycles. The normalized spacial score (nSPS) is 12.2. The molecular weight excluding hydrogens is 478 g/mol. The molecule has 35 heavy (non-hydrogen) atoms.